The number of nitrogens with zero attached hydrogens (tertiary/aromatic N) is 10. The fraction of sp³-hybridized carbons (Fsp3) is 0.527. The number of anilines is 8. The van der Waals surface area contributed by atoms with Gasteiger partial charge in [0.15, 0.2) is 0 Å². The van der Waals surface area contributed by atoms with Crippen molar-refractivity contribution in [2.75, 3.05) is 109 Å². The number of rotatable bonds is 32. The van der Waals surface area contributed by atoms with Crippen molar-refractivity contribution in [1.82, 2.24) is 10.3 Å². The highest BCUT2D eigenvalue weighted by Crippen LogP contribution is 2.47. The topological polar surface area (TPSA) is 282 Å². The summed E-state index contributed by atoms with van der Waals surface area (Å²) in [4.78, 5) is 9.24. The van der Waals surface area contributed by atoms with E-state index in [2.05, 4.69) is 58.6 Å². The van der Waals surface area contributed by atoms with Crippen molar-refractivity contribution in [2.24, 2.45) is 47.3 Å². The maximum Gasteiger partial charge on any atom is 0.264 e. The van der Waals surface area contributed by atoms with Crippen molar-refractivity contribution in [2.45, 2.75) is 274 Å². The highest BCUT2D eigenvalue weighted by atomic mass is 32.2. The van der Waals surface area contributed by atoms with E-state index in [9.17, 15) is 71.7 Å². The summed E-state index contributed by atoms with van der Waals surface area (Å²) in [5, 5.41) is 50.9. The molecule has 766 valence electrons. The van der Waals surface area contributed by atoms with Crippen LogP contribution in [0.4, 0.5) is 63.1 Å². The van der Waals surface area contributed by atoms with E-state index in [4.69, 9.17) is 11.1 Å². The van der Waals surface area contributed by atoms with Gasteiger partial charge in [-0.25, -0.2) is 55.9 Å². The van der Waals surface area contributed by atoms with Crippen LogP contribution >= 0.6 is 0 Å². The second-order valence-corrected chi connectivity index (χ2v) is 48.6. The van der Waals surface area contributed by atoms with Crippen LogP contribution in [0.15, 0.2) is 194 Å². The van der Waals surface area contributed by atoms with Crippen LogP contribution in [0.5, 0.6) is 0 Å². The van der Waals surface area contributed by atoms with Gasteiger partial charge in [0.25, 0.3) is 40.1 Å². The number of aliphatic hydroxyl groups excluding tert-OH is 4. The van der Waals surface area contributed by atoms with Crippen molar-refractivity contribution in [3.8, 4) is 12.3 Å². The molecular weight excluding hydrogens is 1870 g/mol. The van der Waals surface area contributed by atoms with E-state index in [0.717, 1.165) is 110 Å². The summed E-state index contributed by atoms with van der Waals surface area (Å²) in [5.74, 6) is -0.695. The van der Waals surface area contributed by atoms with Gasteiger partial charge >= 0.3 is 0 Å². The van der Waals surface area contributed by atoms with Gasteiger partial charge in [0.05, 0.1) is 73.3 Å². The normalized spacial score (nSPS) is 20.2. The number of aromatic nitrogens is 2. The van der Waals surface area contributed by atoms with Crippen LogP contribution in [0, 0.1) is 66.6 Å². The molecule has 3 saturated carbocycles. The molecule has 9 aromatic rings. The van der Waals surface area contributed by atoms with Gasteiger partial charge in [-0.2, -0.15) is 0 Å². The molecule has 5 unspecified atom stereocenters. The standard InChI is InChI=1S/C30H40N2O3S.C28H38F2N2O3S.C27H36F2N2O3S.C25H32N4O4S/c1-5-23-7-9-25(10-8-23)21-31-18-17-30(33)28-19-27(15-16-29(28)31)36(34,35)32(20-22(3)4)26-13-11-24(6-2)12-14-26;1-4-21-5-7-23(8-6-21)32(18-20(2)3)36(34,35)24-9-10-26-25(17-24)27(33)13-16-31(26)19-22-11-14-28(29,30)15-12-22;1-4-20-5-7-22(8-6-20)31(17-19(2)3)35(33,34)23-9-10-25-24(15-23)26(32)12-14-30(25)18-21-11-13-27(28,29)16-21;1-5-19-6-8-20(9-7-19)29(15-17(2)3)34(31,32)21-10-11-24-22(14-21)25(30)12-13-28(24)16-23-18(4)26-33-27-23/h1,11-16,19,22-23,25,30,33H,6-10,17-18,20-21H2,2-4H3;5-10,17,20,22,27,33H,4,11-16,18-19H2,1-3H3;5-10,15,19,21,26,32H,4,11-14,16-18H2,1-3H3;6-11,14,17,25,30H,5,12-13,15-16H2,1-4H3. The summed E-state index contributed by atoms with van der Waals surface area (Å²) in [5.41, 5.74) is 14.3. The second kappa shape index (κ2) is 46.9. The Bertz CT molecular complexity index is 6190. The Morgan fingerprint density at radius 1 is 0.376 bits per heavy atom. The van der Waals surface area contributed by atoms with Gasteiger partial charge in [0.1, 0.15) is 11.4 Å². The Hall–Kier alpha value is -9.78. The van der Waals surface area contributed by atoms with Gasteiger partial charge in [-0.3, -0.25) is 17.2 Å². The molecule has 16 rings (SSSR count). The van der Waals surface area contributed by atoms with Gasteiger partial charge < -0.3 is 40.0 Å². The van der Waals surface area contributed by atoms with E-state index in [0.29, 0.717) is 173 Å². The van der Waals surface area contributed by atoms with Gasteiger partial charge in [-0.05, 0) is 288 Å². The Balaban J connectivity index is 0.000000158. The molecule has 3 fully saturated rings. The third kappa shape index (κ3) is 26.7. The average molecular weight is 2020 g/mol. The summed E-state index contributed by atoms with van der Waals surface area (Å²) in [6.07, 6.45) is 13.7. The number of sulfonamides is 4. The number of benzene rings is 8. The second-order valence-electron chi connectivity index (χ2n) is 41.1. The molecule has 7 aliphatic rings. The average Bonchev–Trinajstić information content (AvgIpc) is 1.52. The third-order valence-corrected chi connectivity index (χ3v) is 35.6. The quantitative estimate of drug-likeness (QED) is 0.0225. The maximum absolute atomic E-state index is 13.9. The number of aryl methyl sites for hydroxylation is 5. The maximum atomic E-state index is 13.9. The Labute approximate surface area is 835 Å². The summed E-state index contributed by atoms with van der Waals surface area (Å²) < 4.78 is 176. The van der Waals surface area contributed by atoms with Crippen LogP contribution in [0.2, 0.25) is 0 Å². The Morgan fingerprint density at radius 3 is 0.908 bits per heavy atom. The van der Waals surface area contributed by atoms with Gasteiger partial charge in [0, 0.05) is 149 Å². The van der Waals surface area contributed by atoms with Crippen LogP contribution in [-0.2, 0) is 72.3 Å². The van der Waals surface area contributed by atoms with Crippen molar-refractivity contribution in [1.29, 1.82) is 0 Å². The lowest BCUT2D eigenvalue weighted by atomic mass is 9.82. The number of terminal acetylenes is 1. The zero-order chi connectivity index (χ0) is 102. The summed E-state index contributed by atoms with van der Waals surface area (Å²) in [6.45, 7) is 32.6. The van der Waals surface area contributed by atoms with Gasteiger partial charge in [-0.15, -0.1) is 12.3 Å². The summed E-state index contributed by atoms with van der Waals surface area (Å²) >= 11 is 0. The number of fused-ring (bicyclic) bond motifs is 4. The first-order valence-electron chi connectivity index (χ1n) is 50.7. The SMILES string of the molecule is C#CC1CCC(CN2CCC(O)c3cc(S(=O)(=O)N(CC(C)C)c4ccc(CC)cc4)ccc32)CC1.CCc1ccc(N(CC(C)C)S(=O)(=O)c2ccc3c(c2)C(O)CCN3CC2CCC(F)(F)C2)cc1.CCc1ccc(N(CC(C)C)S(=O)(=O)c2ccc3c(c2)C(O)CCN3CC2CCC(F)(F)CC2)cc1.CCc1ccc(N(CC(C)C)S(=O)(=O)c2ccc3c(c2)C(O)CCN3Cc2nonc2C)cc1. The van der Waals surface area contributed by atoms with E-state index >= 15 is 0 Å². The monoisotopic (exact) mass is 2020 g/mol. The fourth-order valence-electron chi connectivity index (χ4n) is 20.2. The first-order chi connectivity index (χ1) is 66.9. The lowest BCUT2D eigenvalue weighted by Gasteiger charge is -2.38. The molecule has 0 saturated heterocycles. The van der Waals surface area contributed by atoms with Gasteiger partial charge in [-0.1, -0.05) is 142 Å². The molecule has 3 aliphatic carbocycles. The molecule has 0 spiro atoms. The molecule has 0 bridgehead atoms. The molecule has 5 heterocycles. The van der Waals surface area contributed by atoms with Crippen molar-refractivity contribution in [3.05, 3.63) is 226 Å². The zero-order valence-corrected chi connectivity index (χ0v) is 87.4. The molecule has 0 radical (unpaired) electrons. The largest absolute Gasteiger partial charge is 0.388 e. The summed E-state index contributed by atoms with van der Waals surface area (Å²) in [7, 11) is -15.4. The van der Waals surface area contributed by atoms with E-state index in [1.54, 1.807) is 66.7 Å². The third-order valence-electron chi connectivity index (χ3n) is 28.4. The highest BCUT2D eigenvalue weighted by molar-refractivity contribution is 7.93. The predicted octanol–water partition coefficient (Wildman–Crippen LogP) is 22.0. The highest BCUT2D eigenvalue weighted by Gasteiger charge is 2.43. The lowest BCUT2D eigenvalue weighted by molar-refractivity contribution is -0.0449. The minimum Gasteiger partial charge on any atom is -0.388 e. The minimum absolute atomic E-state index is 0.0803. The lowest BCUT2D eigenvalue weighted by Crippen LogP contribution is -2.38. The molecule has 0 amide bonds. The molecular formula is C110H146F4N10O13S4. The van der Waals surface area contributed by atoms with Crippen molar-refractivity contribution in [3.63, 3.8) is 0 Å². The van der Waals surface area contributed by atoms with E-state index < -0.39 is 76.4 Å². The Kier molecular flexibility index (Phi) is 36.1. The van der Waals surface area contributed by atoms with Crippen LogP contribution < -0.4 is 36.8 Å². The van der Waals surface area contributed by atoms with Gasteiger partial charge in [0.2, 0.25) is 11.8 Å². The molecule has 141 heavy (non-hydrogen) atoms. The fourth-order valence-corrected chi connectivity index (χ4v) is 26.9. The number of aliphatic hydroxyl groups is 4. The summed E-state index contributed by atoms with van der Waals surface area (Å²) in [6, 6.07) is 50.8. The van der Waals surface area contributed by atoms with E-state index in [1.807, 2.05) is 170 Å². The minimum atomic E-state index is -3.88. The number of halogens is 4. The number of hydrogen-bond donors (Lipinski definition) is 4. The van der Waals surface area contributed by atoms with E-state index in [-0.39, 0.29) is 80.8 Å². The molecule has 1 aromatic heterocycles. The zero-order valence-electron chi connectivity index (χ0n) is 84.2. The van der Waals surface area contributed by atoms with Crippen LogP contribution in [0.25, 0.3) is 0 Å². The predicted molar refractivity (Wildman–Crippen MR) is 555 cm³/mol. The molecule has 31 heteroatoms. The first-order valence-corrected chi connectivity index (χ1v) is 56.4. The molecule has 23 nitrogen and oxygen atoms in total. The smallest absolute Gasteiger partial charge is 0.264 e. The Morgan fingerprint density at radius 2 is 0.645 bits per heavy atom. The van der Waals surface area contributed by atoms with Crippen LogP contribution in [-0.4, -0.2) is 148 Å². The van der Waals surface area contributed by atoms with Crippen LogP contribution in [0.1, 0.15) is 260 Å². The number of hydrogen-bond acceptors (Lipinski definition) is 19. The van der Waals surface area contributed by atoms with Crippen LogP contribution in [0.3, 0.4) is 0 Å². The molecule has 4 N–H and O–H groups in total. The molecule has 4 aliphatic heterocycles. The van der Waals surface area contributed by atoms with E-state index in [1.165, 1.54) is 22.8 Å². The molecule has 5 atom stereocenters. The van der Waals surface area contributed by atoms with Crippen molar-refractivity contribution < 1.29 is 76.3 Å². The van der Waals surface area contributed by atoms with Crippen molar-refractivity contribution >= 4 is 85.6 Å². The molecule has 8 aromatic carbocycles. The number of alkyl halides is 4. The first kappa shape index (κ1) is 108.